The Hall–Kier alpha value is -3.98. The zero-order valence-corrected chi connectivity index (χ0v) is 19.0. The zero-order valence-electron chi connectivity index (χ0n) is 18.2. The first-order valence-electron chi connectivity index (χ1n) is 10.3. The van der Waals surface area contributed by atoms with Gasteiger partial charge in [-0.05, 0) is 42.0 Å². The van der Waals surface area contributed by atoms with Crippen molar-refractivity contribution >= 4 is 32.8 Å². The second kappa shape index (κ2) is 9.66. The van der Waals surface area contributed by atoms with Gasteiger partial charge >= 0.3 is 0 Å². The van der Waals surface area contributed by atoms with Crippen LogP contribution in [0.5, 0.6) is 5.75 Å². The van der Waals surface area contributed by atoms with Gasteiger partial charge in [0.05, 0.1) is 24.0 Å². The minimum atomic E-state index is -3.29. The molecule has 0 bridgehead atoms. The summed E-state index contributed by atoms with van der Waals surface area (Å²) in [7, 11) is -1.68. The van der Waals surface area contributed by atoms with Crippen LogP contribution >= 0.6 is 0 Å². The van der Waals surface area contributed by atoms with Crippen LogP contribution in [0.3, 0.4) is 0 Å². The number of anilines is 4. The molecule has 8 nitrogen and oxygen atoms in total. The monoisotopic (exact) mass is 461 g/mol. The van der Waals surface area contributed by atoms with E-state index in [1.807, 2.05) is 30.3 Å². The molecule has 0 radical (unpaired) electrons. The maximum Gasteiger partial charge on any atom is 0.178 e. The summed E-state index contributed by atoms with van der Waals surface area (Å²) in [6.07, 6.45) is 4.88. The van der Waals surface area contributed by atoms with Crippen LogP contribution < -0.4 is 15.4 Å². The summed E-state index contributed by atoms with van der Waals surface area (Å²) >= 11 is 0. The van der Waals surface area contributed by atoms with Gasteiger partial charge in [-0.15, -0.1) is 0 Å². The van der Waals surface area contributed by atoms with Crippen LogP contribution in [0.1, 0.15) is 6.92 Å². The fourth-order valence-electron chi connectivity index (χ4n) is 3.19. The van der Waals surface area contributed by atoms with Crippen molar-refractivity contribution in [1.29, 1.82) is 0 Å². The van der Waals surface area contributed by atoms with Crippen molar-refractivity contribution in [1.82, 2.24) is 15.0 Å². The topological polar surface area (TPSA) is 106 Å². The van der Waals surface area contributed by atoms with Crippen molar-refractivity contribution < 1.29 is 13.2 Å². The summed E-state index contributed by atoms with van der Waals surface area (Å²) in [5, 5.41) is 6.41. The summed E-state index contributed by atoms with van der Waals surface area (Å²) in [6.45, 7) is 1.62. The number of aromatic nitrogens is 3. The second-order valence-corrected chi connectivity index (χ2v) is 9.44. The van der Waals surface area contributed by atoms with Gasteiger partial charge in [-0.1, -0.05) is 25.1 Å². The van der Waals surface area contributed by atoms with Gasteiger partial charge in [0, 0.05) is 29.2 Å². The van der Waals surface area contributed by atoms with Gasteiger partial charge in [-0.2, -0.15) is 0 Å². The Balaban J connectivity index is 1.53. The molecule has 4 rings (SSSR count). The van der Waals surface area contributed by atoms with E-state index in [0.717, 1.165) is 16.8 Å². The van der Waals surface area contributed by atoms with E-state index in [-0.39, 0.29) is 10.6 Å². The van der Waals surface area contributed by atoms with E-state index >= 15 is 0 Å². The molecule has 9 heteroatoms. The fourth-order valence-corrected chi connectivity index (χ4v) is 4.11. The van der Waals surface area contributed by atoms with Crippen LogP contribution in [-0.4, -0.2) is 36.2 Å². The van der Waals surface area contributed by atoms with Crippen LogP contribution in [-0.2, 0) is 9.84 Å². The summed E-state index contributed by atoms with van der Waals surface area (Å²) in [6, 6.07) is 18.2. The van der Waals surface area contributed by atoms with Crippen LogP contribution in [0.25, 0.3) is 11.1 Å². The molecule has 0 aliphatic heterocycles. The summed E-state index contributed by atoms with van der Waals surface area (Å²) in [4.78, 5) is 13.0. The largest absolute Gasteiger partial charge is 0.495 e. The van der Waals surface area contributed by atoms with E-state index in [9.17, 15) is 8.42 Å². The van der Waals surface area contributed by atoms with E-state index in [4.69, 9.17) is 4.74 Å². The minimum Gasteiger partial charge on any atom is -0.495 e. The molecule has 33 heavy (non-hydrogen) atoms. The van der Waals surface area contributed by atoms with Crippen LogP contribution in [0.2, 0.25) is 0 Å². The highest BCUT2D eigenvalue weighted by atomic mass is 32.2. The number of rotatable bonds is 8. The van der Waals surface area contributed by atoms with E-state index in [2.05, 4.69) is 25.6 Å². The average Bonchev–Trinajstić information content (AvgIpc) is 2.84. The smallest absolute Gasteiger partial charge is 0.178 e. The molecule has 0 aliphatic carbocycles. The fraction of sp³-hybridized carbons (Fsp3) is 0.125. The van der Waals surface area contributed by atoms with Gasteiger partial charge in [0.25, 0.3) is 0 Å². The second-order valence-electron chi connectivity index (χ2n) is 7.16. The molecular formula is C24H23N5O3S. The van der Waals surface area contributed by atoms with Crippen molar-refractivity contribution in [3.05, 3.63) is 79.4 Å². The third-order valence-electron chi connectivity index (χ3n) is 4.93. The Morgan fingerprint density at radius 2 is 1.55 bits per heavy atom. The standard InChI is InChI=1S/C24H23N5O3S/c1-3-33(30,31)22-9-5-8-20(12-22)29-24-13-23(26-16-27-24)28-19-7-4-6-17(10-19)18-11-21(32-2)15-25-14-18/h4-16H,3H2,1-2H3,(H2,26,27,28,29). The molecule has 0 amide bonds. The number of sulfone groups is 1. The van der Waals surface area contributed by atoms with Crippen molar-refractivity contribution in [3.8, 4) is 16.9 Å². The SMILES string of the molecule is CCS(=O)(=O)c1cccc(Nc2cc(Nc3cccc(-c4cncc(OC)c4)c3)ncn2)c1. The number of nitrogens with zero attached hydrogens (tertiary/aromatic N) is 3. The Labute approximate surface area is 192 Å². The van der Waals surface area contributed by atoms with E-state index in [1.165, 1.54) is 6.33 Å². The van der Waals surface area contributed by atoms with E-state index in [0.29, 0.717) is 23.1 Å². The summed E-state index contributed by atoms with van der Waals surface area (Å²) < 4.78 is 29.6. The van der Waals surface area contributed by atoms with Crippen LogP contribution in [0, 0.1) is 0 Å². The van der Waals surface area contributed by atoms with Crippen molar-refractivity contribution in [2.75, 3.05) is 23.5 Å². The minimum absolute atomic E-state index is 0.0446. The number of hydrogen-bond donors (Lipinski definition) is 2. The number of methoxy groups -OCH3 is 1. The Bertz CT molecular complexity index is 1380. The van der Waals surface area contributed by atoms with Crippen LogP contribution in [0.4, 0.5) is 23.0 Å². The third-order valence-corrected chi connectivity index (χ3v) is 6.66. The molecular weight excluding hydrogens is 438 g/mol. The molecule has 0 fully saturated rings. The predicted molar refractivity (Wildman–Crippen MR) is 129 cm³/mol. The summed E-state index contributed by atoms with van der Waals surface area (Å²) in [5.74, 6) is 1.86. The van der Waals surface area contributed by atoms with Crippen molar-refractivity contribution in [2.45, 2.75) is 11.8 Å². The van der Waals surface area contributed by atoms with Gasteiger partial charge in [-0.25, -0.2) is 18.4 Å². The molecule has 4 aromatic rings. The maximum absolute atomic E-state index is 12.2. The van der Waals surface area contributed by atoms with Gasteiger partial charge in [-0.3, -0.25) is 4.98 Å². The van der Waals surface area contributed by atoms with E-state index in [1.54, 1.807) is 56.8 Å². The lowest BCUT2D eigenvalue weighted by Crippen LogP contribution is -2.04. The molecule has 0 atom stereocenters. The highest BCUT2D eigenvalue weighted by Gasteiger charge is 2.12. The lowest BCUT2D eigenvalue weighted by atomic mass is 10.1. The summed E-state index contributed by atoms with van der Waals surface area (Å²) in [5.41, 5.74) is 3.38. The van der Waals surface area contributed by atoms with Crippen molar-refractivity contribution in [3.63, 3.8) is 0 Å². The molecule has 0 spiro atoms. The third kappa shape index (κ3) is 5.45. The molecule has 168 valence electrons. The highest BCUT2D eigenvalue weighted by molar-refractivity contribution is 7.91. The molecule has 2 N–H and O–H groups in total. The molecule has 0 unspecified atom stereocenters. The number of ether oxygens (including phenoxy) is 1. The molecule has 0 saturated heterocycles. The normalized spacial score (nSPS) is 11.1. The first-order valence-corrected chi connectivity index (χ1v) is 11.9. The molecule has 0 saturated carbocycles. The van der Waals surface area contributed by atoms with E-state index < -0.39 is 9.84 Å². The Morgan fingerprint density at radius 3 is 2.24 bits per heavy atom. The quantitative estimate of drug-likeness (QED) is 0.384. The number of hydrogen-bond acceptors (Lipinski definition) is 8. The number of nitrogens with one attached hydrogen (secondary N) is 2. The highest BCUT2D eigenvalue weighted by Crippen LogP contribution is 2.27. The van der Waals surface area contributed by atoms with Gasteiger partial charge in [0.15, 0.2) is 9.84 Å². The van der Waals surface area contributed by atoms with Gasteiger partial charge in [0.2, 0.25) is 0 Å². The zero-order chi connectivity index (χ0) is 23.3. The lowest BCUT2D eigenvalue weighted by Gasteiger charge is -2.11. The maximum atomic E-state index is 12.2. The van der Waals surface area contributed by atoms with Gasteiger partial charge < -0.3 is 15.4 Å². The Morgan fingerprint density at radius 1 is 0.848 bits per heavy atom. The Kier molecular flexibility index (Phi) is 6.50. The predicted octanol–water partition coefficient (Wildman–Crippen LogP) is 4.83. The number of benzene rings is 2. The average molecular weight is 462 g/mol. The lowest BCUT2D eigenvalue weighted by molar-refractivity contribution is 0.413. The molecule has 2 heterocycles. The van der Waals surface area contributed by atoms with Crippen LogP contribution in [0.15, 0.2) is 84.3 Å². The molecule has 2 aromatic carbocycles. The molecule has 0 aliphatic rings. The first-order chi connectivity index (χ1) is 16.0. The number of pyridine rings is 1. The molecule has 2 aromatic heterocycles. The van der Waals surface area contributed by atoms with Crippen molar-refractivity contribution in [2.24, 2.45) is 0 Å². The first kappa shape index (κ1) is 22.2. The van der Waals surface area contributed by atoms with Gasteiger partial charge in [0.1, 0.15) is 23.7 Å².